The number of anilines is 1. The molecule has 1 atom stereocenters. The van der Waals surface area contributed by atoms with Crippen LogP contribution in [0, 0.1) is 0 Å². The van der Waals surface area contributed by atoms with Gasteiger partial charge in [-0.15, -0.1) is 0 Å². The zero-order valence-electron chi connectivity index (χ0n) is 14.0. The van der Waals surface area contributed by atoms with Crippen molar-refractivity contribution in [3.63, 3.8) is 0 Å². The maximum absolute atomic E-state index is 9.48. The average molecular weight is 308 g/mol. The van der Waals surface area contributed by atoms with Crippen molar-refractivity contribution in [2.24, 2.45) is 15.7 Å². The summed E-state index contributed by atoms with van der Waals surface area (Å²) in [6.45, 7) is 6.83. The first-order valence-corrected chi connectivity index (χ1v) is 7.74. The van der Waals surface area contributed by atoms with Gasteiger partial charge in [0.1, 0.15) is 5.82 Å². The third-order valence-corrected chi connectivity index (χ3v) is 3.45. The Morgan fingerprint density at radius 3 is 2.86 bits per heavy atom. The Hall–Kier alpha value is -1.89. The van der Waals surface area contributed by atoms with E-state index in [1.807, 2.05) is 6.92 Å². The Morgan fingerprint density at radius 1 is 1.55 bits per heavy atom. The molecule has 7 heteroatoms. The van der Waals surface area contributed by atoms with Crippen LogP contribution in [0.3, 0.4) is 0 Å². The van der Waals surface area contributed by atoms with E-state index in [0.717, 1.165) is 30.6 Å². The summed E-state index contributed by atoms with van der Waals surface area (Å²) >= 11 is 0. The lowest BCUT2D eigenvalue weighted by Gasteiger charge is -2.10. The molecule has 0 radical (unpaired) electrons. The highest BCUT2D eigenvalue weighted by Gasteiger charge is 2.14. The van der Waals surface area contributed by atoms with Crippen LogP contribution in [0.4, 0.5) is 5.82 Å². The third-order valence-electron chi connectivity index (χ3n) is 3.45. The minimum Gasteiger partial charge on any atom is -0.393 e. The molecule has 0 aliphatic rings. The van der Waals surface area contributed by atoms with E-state index in [1.165, 1.54) is 0 Å². The molecule has 0 spiro atoms. The molecule has 7 nitrogen and oxygen atoms in total. The topological polar surface area (TPSA) is 101 Å². The van der Waals surface area contributed by atoms with E-state index < -0.39 is 0 Å². The molecule has 22 heavy (non-hydrogen) atoms. The zero-order valence-corrected chi connectivity index (χ0v) is 14.0. The minimum absolute atomic E-state index is 0.224. The monoisotopic (exact) mass is 308 g/mol. The summed E-state index contributed by atoms with van der Waals surface area (Å²) in [5.74, 6) is 1.43. The molecule has 0 saturated carbocycles. The Kier molecular flexibility index (Phi) is 7.59. The van der Waals surface area contributed by atoms with E-state index in [-0.39, 0.29) is 6.10 Å². The number of rotatable bonds is 8. The summed E-state index contributed by atoms with van der Waals surface area (Å²) in [4.78, 5) is 8.27. The highest BCUT2D eigenvalue weighted by molar-refractivity contribution is 5.87. The SMILES string of the molecule is CC[C@H](O)CCCN=CNc1c(C(C)C)cnn1C(N)=NC. The lowest BCUT2D eigenvalue weighted by molar-refractivity contribution is 0.158. The van der Waals surface area contributed by atoms with Crippen LogP contribution in [0.5, 0.6) is 0 Å². The van der Waals surface area contributed by atoms with Gasteiger partial charge in [-0.25, -0.2) is 0 Å². The molecule has 4 N–H and O–H groups in total. The van der Waals surface area contributed by atoms with E-state index >= 15 is 0 Å². The number of hydrogen-bond acceptors (Lipinski definition) is 4. The maximum atomic E-state index is 9.48. The molecule has 0 unspecified atom stereocenters. The smallest absolute Gasteiger partial charge is 0.218 e. The fourth-order valence-corrected chi connectivity index (χ4v) is 1.99. The van der Waals surface area contributed by atoms with Gasteiger partial charge in [0.15, 0.2) is 0 Å². The fourth-order valence-electron chi connectivity index (χ4n) is 1.99. The summed E-state index contributed by atoms with van der Waals surface area (Å²) in [6, 6.07) is 0. The van der Waals surface area contributed by atoms with Gasteiger partial charge in [-0.3, -0.25) is 9.98 Å². The third kappa shape index (κ3) is 5.14. The van der Waals surface area contributed by atoms with Crippen molar-refractivity contribution in [1.82, 2.24) is 9.78 Å². The molecule has 1 aromatic rings. The molecule has 1 aromatic heterocycles. The van der Waals surface area contributed by atoms with Crippen molar-refractivity contribution in [3.8, 4) is 0 Å². The number of aliphatic hydroxyl groups is 1. The van der Waals surface area contributed by atoms with Gasteiger partial charge in [-0.05, 0) is 25.2 Å². The first-order chi connectivity index (χ1) is 10.5. The largest absolute Gasteiger partial charge is 0.393 e. The van der Waals surface area contributed by atoms with Crippen LogP contribution >= 0.6 is 0 Å². The Labute approximate surface area is 132 Å². The van der Waals surface area contributed by atoms with Gasteiger partial charge in [0.05, 0.1) is 18.6 Å². The van der Waals surface area contributed by atoms with Crippen molar-refractivity contribution < 1.29 is 5.11 Å². The molecular formula is C15H28N6O. The number of nitrogens with zero attached hydrogens (tertiary/aromatic N) is 4. The predicted octanol–water partition coefficient (Wildman–Crippen LogP) is 1.79. The molecule has 0 bridgehead atoms. The van der Waals surface area contributed by atoms with Crippen molar-refractivity contribution >= 4 is 18.1 Å². The highest BCUT2D eigenvalue weighted by atomic mass is 16.3. The Morgan fingerprint density at radius 2 is 2.27 bits per heavy atom. The summed E-state index contributed by atoms with van der Waals surface area (Å²) < 4.78 is 1.57. The Balaban J connectivity index is 2.65. The lowest BCUT2D eigenvalue weighted by Crippen LogP contribution is -2.25. The summed E-state index contributed by atoms with van der Waals surface area (Å²) in [7, 11) is 1.63. The number of aromatic nitrogens is 2. The molecule has 0 amide bonds. The lowest BCUT2D eigenvalue weighted by atomic mass is 10.1. The summed E-state index contributed by atoms with van der Waals surface area (Å²) in [5, 5.41) is 16.9. The van der Waals surface area contributed by atoms with Crippen LogP contribution < -0.4 is 11.1 Å². The summed E-state index contributed by atoms with van der Waals surface area (Å²) in [6.07, 6.45) is 5.64. The first kappa shape index (κ1) is 18.2. The highest BCUT2D eigenvalue weighted by Crippen LogP contribution is 2.23. The van der Waals surface area contributed by atoms with Gasteiger partial charge in [-0.2, -0.15) is 9.78 Å². The van der Waals surface area contributed by atoms with Gasteiger partial charge in [0.2, 0.25) is 5.96 Å². The molecule has 0 saturated heterocycles. The predicted molar refractivity (Wildman–Crippen MR) is 91.8 cm³/mol. The number of nitrogens with two attached hydrogens (primary N) is 1. The Bertz CT molecular complexity index is 506. The van der Waals surface area contributed by atoms with Gasteiger partial charge in [0, 0.05) is 19.2 Å². The molecule has 0 aromatic carbocycles. The molecule has 124 valence electrons. The minimum atomic E-state index is -0.224. The maximum Gasteiger partial charge on any atom is 0.218 e. The van der Waals surface area contributed by atoms with Crippen molar-refractivity contribution in [3.05, 3.63) is 11.8 Å². The van der Waals surface area contributed by atoms with Crippen molar-refractivity contribution in [2.75, 3.05) is 18.9 Å². The van der Waals surface area contributed by atoms with E-state index in [1.54, 1.807) is 24.3 Å². The fraction of sp³-hybridized carbons (Fsp3) is 0.667. The van der Waals surface area contributed by atoms with E-state index in [2.05, 4.69) is 34.2 Å². The number of aliphatic hydroxyl groups excluding tert-OH is 1. The van der Waals surface area contributed by atoms with Gasteiger partial charge >= 0.3 is 0 Å². The molecule has 1 heterocycles. The second kappa shape index (κ2) is 9.19. The van der Waals surface area contributed by atoms with Crippen molar-refractivity contribution in [1.29, 1.82) is 0 Å². The standard InChI is InChI=1S/C15H28N6O/c1-5-12(22)7-6-8-18-10-19-14-13(11(2)3)9-20-21(14)15(16)17-4/h9-12,22H,5-8H2,1-4H3,(H2,16,17)(H,18,19)/t12-/m0/s1. The molecule has 0 fully saturated rings. The van der Waals surface area contributed by atoms with Crippen LogP contribution in [-0.4, -0.2) is 46.9 Å². The summed E-state index contributed by atoms with van der Waals surface area (Å²) in [5.41, 5.74) is 6.90. The quantitative estimate of drug-likeness (QED) is 0.387. The van der Waals surface area contributed by atoms with Crippen LogP contribution in [0.2, 0.25) is 0 Å². The zero-order chi connectivity index (χ0) is 16.5. The second-order valence-corrected chi connectivity index (χ2v) is 5.48. The first-order valence-electron chi connectivity index (χ1n) is 7.74. The van der Waals surface area contributed by atoms with Crippen LogP contribution in [0.1, 0.15) is 51.5 Å². The average Bonchev–Trinajstić information content (AvgIpc) is 2.93. The molecule has 1 rings (SSSR count). The normalized spacial score (nSPS) is 14.0. The number of nitrogens with one attached hydrogen (secondary N) is 1. The number of hydrogen-bond donors (Lipinski definition) is 3. The van der Waals surface area contributed by atoms with Crippen LogP contribution in [0.15, 0.2) is 16.2 Å². The van der Waals surface area contributed by atoms with Crippen LogP contribution in [0.25, 0.3) is 0 Å². The van der Waals surface area contributed by atoms with Gasteiger partial charge < -0.3 is 16.2 Å². The van der Waals surface area contributed by atoms with Crippen molar-refractivity contribution in [2.45, 2.75) is 52.1 Å². The van der Waals surface area contributed by atoms with Gasteiger partial charge in [0.25, 0.3) is 0 Å². The van der Waals surface area contributed by atoms with E-state index in [4.69, 9.17) is 5.73 Å². The number of aliphatic imine (C=N–C) groups is 2. The molecule has 0 aliphatic carbocycles. The molecule has 0 aliphatic heterocycles. The van der Waals surface area contributed by atoms with Crippen LogP contribution in [-0.2, 0) is 0 Å². The van der Waals surface area contributed by atoms with Gasteiger partial charge in [-0.1, -0.05) is 20.8 Å². The second-order valence-electron chi connectivity index (χ2n) is 5.48. The molecular weight excluding hydrogens is 280 g/mol. The van der Waals surface area contributed by atoms with E-state index in [0.29, 0.717) is 18.4 Å². The van der Waals surface area contributed by atoms with E-state index in [9.17, 15) is 5.11 Å².